The van der Waals surface area contributed by atoms with E-state index in [0.29, 0.717) is 5.69 Å². The third-order valence-electron chi connectivity index (χ3n) is 1.55. The fourth-order valence-electron chi connectivity index (χ4n) is 0.921. The normalized spacial score (nSPS) is 9.69. The van der Waals surface area contributed by atoms with Crippen molar-refractivity contribution in [1.29, 1.82) is 0 Å². The van der Waals surface area contributed by atoms with Crippen molar-refractivity contribution >= 4 is 23.4 Å². The van der Waals surface area contributed by atoms with Gasteiger partial charge in [0.25, 0.3) is 5.91 Å². The fraction of sp³-hybridized carbons (Fsp3) is 0.250. The predicted octanol–water partition coefficient (Wildman–Crippen LogP) is 0.520. The van der Waals surface area contributed by atoms with Crippen LogP contribution in [-0.2, 0) is 11.8 Å². The van der Waals surface area contributed by atoms with Gasteiger partial charge in [0, 0.05) is 13.2 Å². The third-order valence-corrected chi connectivity index (χ3v) is 1.79. The van der Waals surface area contributed by atoms with Crippen molar-refractivity contribution < 1.29 is 9.59 Å². The standard InChI is InChI=1S/C8H9ClN2O2/c1-11-4-2-3-6(11)8(13)10-7(12)5-9/h2-4H,5H2,1H3,(H,10,12,13). The van der Waals surface area contributed by atoms with Gasteiger partial charge in [-0.15, -0.1) is 11.6 Å². The van der Waals surface area contributed by atoms with Crippen LogP contribution >= 0.6 is 11.6 Å². The Morgan fingerprint density at radius 3 is 2.77 bits per heavy atom. The topological polar surface area (TPSA) is 51.1 Å². The third kappa shape index (κ3) is 2.32. The highest BCUT2D eigenvalue weighted by atomic mass is 35.5. The number of aryl methyl sites for hydroxylation is 1. The minimum Gasteiger partial charge on any atom is -0.347 e. The van der Waals surface area contributed by atoms with E-state index in [1.165, 1.54) is 0 Å². The number of alkyl halides is 1. The molecule has 2 amide bonds. The summed E-state index contributed by atoms with van der Waals surface area (Å²) in [6.07, 6.45) is 1.72. The second-order valence-electron chi connectivity index (χ2n) is 2.52. The van der Waals surface area contributed by atoms with Crippen molar-refractivity contribution in [2.45, 2.75) is 0 Å². The zero-order chi connectivity index (χ0) is 9.84. The molecule has 1 rings (SSSR count). The van der Waals surface area contributed by atoms with Crippen LogP contribution in [0, 0.1) is 0 Å². The zero-order valence-electron chi connectivity index (χ0n) is 7.08. The van der Waals surface area contributed by atoms with E-state index in [1.807, 2.05) is 0 Å². The molecule has 0 aromatic carbocycles. The van der Waals surface area contributed by atoms with Gasteiger partial charge >= 0.3 is 0 Å². The van der Waals surface area contributed by atoms with E-state index in [1.54, 1.807) is 29.9 Å². The van der Waals surface area contributed by atoms with Gasteiger partial charge in [-0.2, -0.15) is 0 Å². The molecule has 0 spiro atoms. The van der Waals surface area contributed by atoms with Gasteiger partial charge in [-0.3, -0.25) is 14.9 Å². The molecule has 0 aliphatic carbocycles. The molecule has 1 aromatic rings. The summed E-state index contributed by atoms with van der Waals surface area (Å²) in [5, 5.41) is 2.14. The SMILES string of the molecule is Cn1cccc1C(=O)NC(=O)CCl. The van der Waals surface area contributed by atoms with Gasteiger partial charge in [0.1, 0.15) is 11.6 Å². The van der Waals surface area contributed by atoms with Gasteiger partial charge in [-0.1, -0.05) is 0 Å². The van der Waals surface area contributed by atoms with Crippen molar-refractivity contribution in [2.24, 2.45) is 7.05 Å². The van der Waals surface area contributed by atoms with Crippen molar-refractivity contribution in [3.63, 3.8) is 0 Å². The number of rotatable bonds is 2. The van der Waals surface area contributed by atoms with Crippen LogP contribution < -0.4 is 5.32 Å². The molecule has 0 radical (unpaired) electrons. The van der Waals surface area contributed by atoms with E-state index in [-0.39, 0.29) is 5.88 Å². The highest BCUT2D eigenvalue weighted by Gasteiger charge is 2.11. The summed E-state index contributed by atoms with van der Waals surface area (Å²) >= 11 is 5.23. The summed E-state index contributed by atoms with van der Waals surface area (Å²) in [6, 6.07) is 3.34. The Morgan fingerprint density at radius 1 is 1.62 bits per heavy atom. The number of hydrogen-bond donors (Lipinski definition) is 1. The average Bonchev–Trinajstić information content (AvgIpc) is 2.51. The Bertz CT molecular complexity index is 333. The maximum absolute atomic E-state index is 11.3. The number of aromatic nitrogens is 1. The van der Waals surface area contributed by atoms with E-state index < -0.39 is 11.8 Å². The number of nitrogens with one attached hydrogen (secondary N) is 1. The molecule has 70 valence electrons. The van der Waals surface area contributed by atoms with Crippen LogP contribution in [0.3, 0.4) is 0 Å². The van der Waals surface area contributed by atoms with E-state index in [0.717, 1.165) is 0 Å². The monoisotopic (exact) mass is 200 g/mol. The molecule has 1 aromatic heterocycles. The summed E-state index contributed by atoms with van der Waals surface area (Å²) in [4.78, 5) is 22.0. The van der Waals surface area contributed by atoms with Gasteiger partial charge in [0.05, 0.1) is 0 Å². The molecule has 0 saturated carbocycles. The molecule has 1 N–H and O–H groups in total. The quantitative estimate of drug-likeness (QED) is 0.708. The predicted molar refractivity (Wildman–Crippen MR) is 48.6 cm³/mol. The first kappa shape index (κ1) is 9.80. The van der Waals surface area contributed by atoms with Crippen LogP contribution in [0.25, 0.3) is 0 Å². The molecule has 0 fully saturated rings. The lowest BCUT2D eigenvalue weighted by Crippen LogP contribution is -2.32. The maximum atomic E-state index is 11.3. The average molecular weight is 201 g/mol. The fourth-order valence-corrected chi connectivity index (χ4v) is 0.988. The number of halogens is 1. The first-order valence-corrected chi connectivity index (χ1v) is 4.20. The number of imide groups is 1. The molecule has 0 bridgehead atoms. The van der Waals surface area contributed by atoms with E-state index >= 15 is 0 Å². The minimum atomic E-state index is -0.493. The number of amides is 2. The molecular formula is C8H9ClN2O2. The van der Waals surface area contributed by atoms with Crippen LogP contribution in [0.15, 0.2) is 18.3 Å². The molecule has 0 saturated heterocycles. The molecule has 4 nitrogen and oxygen atoms in total. The second kappa shape index (κ2) is 4.09. The Labute approximate surface area is 80.5 Å². The van der Waals surface area contributed by atoms with E-state index in [9.17, 15) is 9.59 Å². The van der Waals surface area contributed by atoms with Crippen LogP contribution in [0.4, 0.5) is 0 Å². The Balaban J connectivity index is 2.69. The highest BCUT2D eigenvalue weighted by Crippen LogP contribution is 1.98. The molecule has 0 atom stereocenters. The summed E-state index contributed by atoms with van der Waals surface area (Å²) in [5.41, 5.74) is 0.429. The Hall–Kier alpha value is -1.29. The molecule has 0 aliphatic rings. The summed E-state index contributed by atoms with van der Waals surface area (Å²) < 4.78 is 1.62. The van der Waals surface area contributed by atoms with Crippen LogP contribution in [0.5, 0.6) is 0 Å². The van der Waals surface area contributed by atoms with Crippen molar-refractivity contribution in [2.75, 3.05) is 5.88 Å². The van der Waals surface area contributed by atoms with E-state index in [2.05, 4.69) is 5.32 Å². The largest absolute Gasteiger partial charge is 0.347 e. The zero-order valence-corrected chi connectivity index (χ0v) is 7.84. The van der Waals surface area contributed by atoms with Crippen LogP contribution in [0.2, 0.25) is 0 Å². The van der Waals surface area contributed by atoms with Gasteiger partial charge in [0.2, 0.25) is 5.91 Å². The summed E-state index contributed by atoms with van der Waals surface area (Å²) in [7, 11) is 1.72. The first-order chi connectivity index (χ1) is 6.15. The second-order valence-corrected chi connectivity index (χ2v) is 2.78. The molecule has 13 heavy (non-hydrogen) atoms. The molecule has 1 heterocycles. The number of nitrogens with zero attached hydrogens (tertiary/aromatic N) is 1. The van der Waals surface area contributed by atoms with Gasteiger partial charge in [-0.25, -0.2) is 0 Å². The summed E-state index contributed by atoms with van der Waals surface area (Å²) in [5.74, 6) is -1.14. The first-order valence-electron chi connectivity index (χ1n) is 3.66. The maximum Gasteiger partial charge on any atom is 0.274 e. The molecule has 0 unspecified atom stereocenters. The minimum absolute atomic E-state index is 0.212. The van der Waals surface area contributed by atoms with Crippen molar-refractivity contribution in [3.05, 3.63) is 24.0 Å². The molecule has 0 aliphatic heterocycles. The van der Waals surface area contributed by atoms with Crippen LogP contribution in [-0.4, -0.2) is 22.3 Å². The lowest BCUT2D eigenvalue weighted by molar-refractivity contribution is -0.117. The Kier molecular flexibility index (Phi) is 3.08. The lowest BCUT2D eigenvalue weighted by Gasteiger charge is -2.02. The molecular weight excluding hydrogens is 192 g/mol. The summed E-state index contributed by atoms with van der Waals surface area (Å²) in [6.45, 7) is 0. The van der Waals surface area contributed by atoms with Gasteiger partial charge in [-0.05, 0) is 12.1 Å². The highest BCUT2D eigenvalue weighted by molar-refractivity contribution is 6.28. The van der Waals surface area contributed by atoms with Gasteiger partial charge in [0.15, 0.2) is 0 Å². The number of carbonyl (C=O) groups excluding carboxylic acids is 2. The van der Waals surface area contributed by atoms with Crippen LogP contribution in [0.1, 0.15) is 10.5 Å². The molecule has 5 heteroatoms. The van der Waals surface area contributed by atoms with Gasteiger partial charge < -0.3 is 4.57 Å². The number of carbonyl (C=O) groups is 2. The number of hydrogen-bond acceptors (Lipinski definition) is 2. The van der Waals surface area contributed by atoms with Crippen molar-refractivity contribution in [1.82, 2.24) is 9.88 Å². The Morgan fingerprint density at radius 2 is 2.31 bits per heavy atom. The lowest BCUT2D eigenvalue weighted by atomic mass is 10.4. The smallest absolute Gasteiger partial charge is 0.274 e. The van der Waals surface area contributed by atoms with Crippen molar-refractivity contribution in [3.8, 4) is 0 Å². The van der Waals surface area contributed by atoms with E-state index in [4.69, 9.17) is 11.6 Å².